The second-order valence-corrected chi connectivity index (χ2v) is 11.2. The highest BCUT2D eigenvalue weighted by Gasteiger charge is 2.14. The fourth-order valence-corrected chi connectivity index (χ4v) is 5.88. The van der Waals surface area contributed by atoms with Crippen LogP contribution in [0.25, 0.3) is 78.3 Å². The second kappa shape index (κ2) is 12.0. The van der Waals surface area contributed by atoms with E-state index in [1.807, 2.05) is 85.2 Å². The van der Waals surface area contributed by atoms with Gasteiger partial charge < -0.3 is 0 Å². The van der Waals surface area contributed by atoms with Gasteiger partial charge in [-0.15, -0.1) is 0 Å². The molecule has 0 fully saturated rings. The normalized spacial score (nSPS) is 11.0. The number of hydrogen-bond donors (Lipinski definition) is 0. The van der Waals surface area contributed by atoms with Gasteiger partial charge in [-0.2, -0.15) is 0 Å². The summed E-state index contributed by atoms with van der Waals surface area (Å²) in [6.07, 6.45) is 3.66. The van der Waals surface area contributed by atoms with Crippen LogP contribution in [-0.4, -0.2) is 19.9 Å². The van der Waals surface area contributed by atoms with E-state index < -0.39 is 0 Å². The maximum Gasteiger partial charge on any atom is 0.164 e. The molecule has 2 heterocycles. The fourth-order valence-electron chi connectivity index (χ4n) is 5.88. The number of rotatable bonds is 6. The van der Waals surface area contributed by atoms with E-state index in [-0.39, 0.29) is 0 Å². The van der Waals surface area contributed by atoms with Crippen LogP contribution in [0.2, 0.25) is 0 Å². The molecule has 0 bridgehead atoms. The van der Waals surface area contributed by atoms with E-state index in [0.717, 1.165) is 33.4 Å². The standard InChI is InChI=1S/C42H28N4/c1-3-10-32(11-4-1)40-44-41(33-12-5-2-6-13-33)46-42(45-40)36-16-9-15-34(26-36)37-27-35-14-7-8-17-38(35)39(28-37)31-20-18-29(19-21-31)30-22-24-43-25-23-30/h1-28H. The molecule has 216 valence electrons. The topological polar surface area (TPSA) is 51.6 Å². The number of fused-ring (bicyclic) bond motifs is 1. The van der Waals surface area contributed by atoms with Crippen molar-refractivity contribution in [2.75, 3.05) is 0 Å². The Bertz CT molecular complexity index is 2220. The van der Waals surface area contributed by atoms with Gasteiger partial charge >= 0.3 is 0 Å². The molecular formula is C42H28N4. The third kappa shape index (κ3) is 5.44. The summed E-state index contributed by atoms with van der Waals surface area (Å²) in [5, 5.41) is 2.41. The third-order valence-corrected chi connectivity index (χ3v) is 8.22. The number of benzene rings is 6. The van der Waals surface area contributed by atoms with Crippen molar-refractivity contribution in [3.63, 3.8) is 0 Å². The molecule has 0 N–H and O–H groups in total. The Morgan fingerprint density at radius 2 is 0.826 bits per heavy atom. The van der Waals surface area contributed by atoms with Gasteiger partial charge in [-0.1, -0.05) is 127 Å². The van der Waals surface area contributed by atoms with Crippen LogP contribution in [-0.2, 0) is 0 Å². The third-order valence-electron chi connectivity index (χ3n) is 8.22. The first-order valence-corrected chi connectivity index (χ1v) is 15.3. The van der Waals surface area contributed by atoms with Gasteiger partial charge in [-0.3, -0.25) is 4.98 Å². The maximum absolute atomic E-state index is 4.96. The molecule has 0 radical (unpaired) electrons. The van der Waals surface area contributed by atoms with Gasteiger partial charge in [0.25, 0.3) is 0 Å². The van der Waals surface area contributed by atoms with Crippen molar-refractivity contribution in [1.29, 1.82) is 0 Å². The van der Waals surface area contributed by atoms with Crippen LogP contribution in [0.3, 0.4) is 0 Å². The van der Waals surface area contributed by atoms with Crippen molar-refractivity contribution in [3.05, 3.63) is 170 Å². The van der Waals surface area contributed by atoms with Crippen LogP contribution in [0.15, 0.2) is 170 Å². The van der Waals surface area contributed by atoms with Gasteiger partial charge in [0.15, 0.2) is 17.5 Å². The zero-order chi connectivity index (χ0) is 30.7. The summed E-state index contributed by atoms with van der Waals surface area (Å²) in [6.45, 7) is 0. The van der Waals surface area contributed by atoms with Crippen molar-refractivity contribution in [3.8, 4) is 67.5 Å². The van der Waals surface area contributed by atoms with Crippen LogP contribution in [0.5, 0.6) is 0 Å². The highest BCUT2D eigenvalue weighted by molar-refractivity contribution is 6.00. The zero-order valence-corrected chi connectivity index (χ0v) is 25.0. The molecule has 46 heavy (non-hydrogen) atoms. The van der Waals surface area contributed by atoms with E-state index >= 15 is 0 Å². The molecule has 8 aromatic rings. The zero-order valence-electron chi connectivity index (χ0n) is 25.0. The first-order valence-electron chi connectivity index (χ1n) is 15.3. The van der Waals surface area contributed by atoms with Crippen molar-refractivity contribution < 1.29 is 0 Å². The van der Waals surface area contributed by atoms with Gasteiger partial charge in [0.1, 0.15) is 0 Å². The lowest BCUT2D eigenvalue weighted by atomic mass is 9.92. The molecule has 0 amide bonds. The predicted octanol–water partition coefficient (Wildman–Crippen LogP) is 10.4. The van der Waals surface area contributed by atoms with Crippen LogP contribution >= 0.6 is 0 Å². The number of aromatic nitrogens is 4. The summed E-state index contributed by atoms with van der Waals surface area (Å²) in [7, 11) is 0. The van der Waals surface area contributed by atoms with E-state index in [9.17, 15) is 0 Å². The van der Waals surface area contributed by atoms with Gasteiger partial charge in [0.2, 0.25) is 0 Å². The van der Waals surface area contributed by atoms with Crippen LogP contribution < -0.4 is 0 Å². The number of pyridine rings is 1. The molecule has 2 aromatic heterocycles. The molecule has 0 aliphatic rings. The second-order valence-electron chi connectivity index (χ2n) is 11.2. The summed E-state index contributed by atoms with van der Waals surface area (Å²) in [6, 6.07) is 54.6. The largest absolute Gasteiger partial charge is 0.265 e. The van der Waals surface area contributed by atoms with Crippen molar-refractivity contribution in [2.24, 2.45) is 0 Å². The molecule has 0 saturated heterocycles. The molecule has 0 saturated carbocycles. The maximum atomic E-state index is 4.96. The molecular weight excluding hydrogens is 560 g/mol. The Labute approximate surface area is 267 Å². The van der Waals surface area contributed by atoms with Gasteiger partial charge in [-0.05, 0) is 74.5 Å². The van der Waals surface area contributed by atoms with Crippen molar-refractivity contribution in [1.82, 2.24) is 19.9 Å². The molecule has 4 heteroatoms. The molecule has 0 unspecified atom stereocenters. The summed E-state index contributed by atoms with van der Waals surface area (Å²) in [5.41, 5.74) is 9.76. The van der Waals surface area contributed by atoms with Crippen molar-refractivity contribution in [2.45, 2.75) is 0 Å². The molecule has 0 atom stereocenters. The minimum atomic E-state index is 0.641. The van der Waals surface area contributed by atoms with Gasteiger partial charge in [0, 0.05) is 29.1 Å². The summed E-state index contributed by atoms with van der Waals surface area (Å²) in [4.78, 5) is 18.9. The van der Waals surface area contributed by atoms with E-state index in [1.165, 1.54) is 27.5 Å². The lowest BCUT2D eigenvalue weighted by Crippen LogP contribution is -2.00. The molecule has 0 aliphatic heterocycles. The lowest BCUT2D eigenvalue weighted by Gasteiger charge is -2.13. The van der Waals surface area contributed by atoms with E-state index in [0.29, 0.717) is 17.5 Å². The fraction of sp³-hybridized carbons (Fsp3) is 0. The number of hydrogen-bond acceptors (Lipinski definition) is 4. The SMILES string of the molecule is c1ccc(-c2nc(-c3ccccc3)nc(-c3cccc(-c4cc(-c5ccc(-c6ccncc6)cc5)c5ccccc5c4)c3)n2)cc1. The van der Waals surface area contributed by atoms with E-state index in [2.05, 4.69) is 89.9 Å². The first-order chi connectivity index (χ1) is 22.8. The molecule has 6 aromatic carbocycles. The van der Waals surface area contributed by atoms with Crippen LogP contribution in [0.4, 0.5) is 0 Å². The Hall–Kier alpha value is -6.26. The van der Waals surface area contributed by atoms with Crippen LogP contribution in [0.1, 0.15) is 0 Å². The van der Waals surface area contributed by atoms with Crippen LogP contribution in [0, 0.1) is 0 Å². The monoisotopic (exact) mass is 588 g/mol. The average Bonchev–Trinajstić information content (AvgIpc) is 3.15. The summed E-state index contributed by atoms with van der Waals surface area (Å²) in [5.74, 6) is 1.94. The Morgan fingerprint density at radius 3 is 1.50 bits per heavy atom. The molecule has 0 spiro atoms. The lowest BCUT2D eigenvalue weighted by molar-refractivity contribution is 1.07. The quantitative estimate of drug-likeness (QED) is 0.194. The Balaban J connectivity index is 1.23. The summed E-state index contributed by atoms with van der Waals surface area (Å²) >= 11 is 0. The van der Waals surface area contributed by atoms with Gasteiger partial charge in [-0.25, -0.2) is 15.0 Å². The van der Waals surface area contributed by atoms with E-state index in [4.69, 9.17) is 15.0 Å². The van der Waals surface area contributed by atoms with Gasteiger partial charge in [0.05, 0.1) is 0 Å². The minimum Gasteiger partial charge on any atom is -0.265 e. The highest BCUT2D eigenvalue weighted by Crippen LogP contribution is 2.36. The molecule has 0 aliphatic carbocycles. The molecule has 4 nitrogen and oxygen atoms in total. The Kier molecular flexibility index (Phi) is 7.14. The molecule has 8 rings (SSSR count). The smallest absolute Gasteiger partial charge is 0.164 e. The predicted molar refractivity (Wildman–Crippen MR) is 188 cm³/mol. The number of nitrogens with zero attached hydrogens (tertiary/aromatic N) is 4. The van der Waals surface area contributed by atoms with E-state index in [1.54, 1.807) is 0 Å². The average molecular weight is 589 g/mol. The highest BCUT2D eigenvalue weighted by atomic mass is 15.0. The first kappa shape index (κ1) is 27.3. The minimum absolute atomic E-state index is 0.641. The summed E-state index contributed by atoms with van der Waals surface area (Å²) < 4.78 is 0. The Morgan fingerprint density at radius 1 is 0.304 bits per heavy atom. The van der Waals surface area contributed by atoms with Crippen molar-refractivity contribution >= 4 is 10.8 Å².